The Morgan fingerprint density at radius 3 is 2.43 bits per heavy atom. The van der Waals surface area contributed by atoms with Crippen molar-refractivity contribution in [3.8, 4) is 23.4 Å². The minimum atomic E-state index is -4.82. The van der Waals surface area contributed by atoms with Crippen molar-refractivity contribution in [2.75, 3.05) is 18.7 Å². The lowest BCUT2D eigenvalue weighted by Gasteiger charge is -2.17. The summed E-state index contributed by atoms with van der Waals surface area (Å²) in [5, 5.41) is 11.5. The fraction of sp³-hybridized carbons (Fsp3) is 0.174. The van der Waals surface area contributed by atoms with E-state index in [0.717, 1.165) is 6.26 Å². The van der Waals surface area contributed by atoms with Gasteiger partial charge in [0.15, 0.2) is 21.3 Å². The van der Waals surface area contributed by atoms with E-state index in [1.165, 1.54) is 56.5 Å². The van der Waals surface area contributed by atoms with Crippen molar-refractivity contribution in [3.05, 3.63) is 70.9 Å². The van der Waals surface area contributed by atoms with Crippen LogP contribution in [0.5, 0.6) is 17.4 Å². The van der Waals surface area contributed by atoms with Gasteiger partial charge >= 0.3 is 6.18 Å². The molecule has 3 aromatic rings. The monoisotopic (exact) mass is 505 g/mol. The summed E-state index contributed by atoms with van der Waals surface area (Å²) in [4.78, 5) is 16.5. The van der Waals surface area contributed by atoms with E-state index in [1.54, 1.807) is 0 Å². The largest absolute Gasteiger partial charge is 0.493 e. The number of nitrogens with zero attached hydrogens (tertiary/aromatic N) is 2. The van der Waals surface area contributed by atoms with Crippen molar-refractivity contribution in [2.45, 2.75) is 18.0 Å². The summed E-state index contributed by atoms with van der Waals surface area (Å²) < 4.78 is 74.6. The van der Waals surface area contributed by atoms with Crippen LogP contribution in [0, 0.1) is 18.3 Å². The molecule has 1 N–H and O–H groups in total. The van der Waals surface area contributed by atoms with Crippen LogP contribution in [0.1, 0.15) is 27.2 Å². The molecule has 0 saturated heterocycles. The maximum absolute atomic E-state index is 13.4. The number of amides is 1. The molecule has 0 radical (unpaired) electrons. The van der Waals surface area contributed by atoms with Gasteiger partial charge in [-0.25, -0.2) is 13.4 Å². The summed E-state index contributed by atoms with van der Waals surface area (Å²) in [5.41, 5.74) is -1.38. The third-order valence-corrected chi connectivity index (χ3v) is 5.83. The first-order chi connectivity index (χ1) is 16.3. The van der Waals surface area contributed by atoms with Gasteiger partial charge in [-0.1, -0.05) is 6.07 Å². The van der Waals surface area contributed by atoms with E-state index >= 15 is 0 Å². The molecule has 0 unspecified atom stereocenters. The molecule has 0 atom stereocenters. The summed E-state index contributed by atoms with van der Waals surface area (Å²) in [7, 11) is -2.29. The fourth-order valence-electron chi connectivity index (χ4n) is 3.06. The van der Waals surface area contributed by atoms with Crippen LogP contribution in [0.25, 0.3) is 0 Å². The number of hydrogen-bond acceptors (Lipinski definition) is 7. The Bertz CT molecular complexity index is 1450. The number of halogens is 3. The predicted molar refractivity (Wildman–Crippen MR) is 119 cm³/mol. The molecule has 0 fully saturated rings. The third-order valence-electron chi connectivity index (χ3n) is 4.72. The van der Waals surface area contributed by atoms with Crippen molar-refractivity contribution in [2.24, 2.45) is 0 Å². The predicted octanol–water partition coefficient (Wildman–Crippen LogP) is 4.74. The van der Waals surface area contributed by atoms with Crippen LogP contribution in [-0.2, 0) is 16.0 Å². The van der Waals surface area contributed by atoms with Crippen molar-refractivity contribution in [1.29, 1.82) is 5.26 Å². The lowest BCUT2D eigenvalue weighted by atomic mass is 10.1. The number of carbonyl (C=O) groups is 1. The molecule has 0 aliphatic carbocycles. The van der Waals surface area contributed by atoms with Crippen LogP contribution < -0.4 is 14.8 Å². The first kappa shape index (κ1) is 25.5. The molecule has 35 heavy (non-hydrogen) atoms. The number of carbonyl (C=O) groups excluding carboxylic acids is 1. The molecule has 1 amide bonds. The number of hydrogen-bond donors (Lipinski definition) is 1. The molecular weight excluding hydrogens is 487 g/mol. The van der Waals surface area contributed by atoms with Crippen LogP contribution >= 0.6 is 0 Å². The second-order valence-corrected chi connectivity index (χ2v) is 9.35. The Balaban J connectivity index is 2.09. The number of ether oxygens (including phenoxy) is 2. The number of nitrogens with one attached hydrogen (secondary N) is 1. The quantitative estimate of drug-likeness (QED) is 0.514. The molecular formula is C23H18F3N3O5S. The first-order valence-corrected chi connectivity index (χ1v) is 11.7. The Kier molecular flexibility index (Phi) is 7.02. The van der Waals surface area contributed by atoms with Gasteiger partial charge in [-0.2, -0.15) is 18.4 Å². The number of alkyl halides is 3. The van der Waals surface area contributed by atoms with E-state index in [2.05, 4.69) is 10.3 Å². The van der Waals surface area contributed by atoms with E-state index in [-0.39, 0.29) is 38.8 Å². The van der Waals surface area contributed by atoms with E-state index in [1.807, 2.05) is 6.07 Å². The van der Waals surface area contributed by atoms with Crippen molar-refractivity contribution >= 4 is 21.4 Å². The highest BCUT2D eigenvalue weighted by molar-refractivity contribution is 7.90. The van der Waals surface area contributed by atoms with Gasteiger partial charge in [-0.05, 0) is 48.9 Å². The second kappa shape index (κ2) is 9.63. The van der Waals surface area contributed by atoms with Crippen LogP contribution in [-0.4, -0.2) is 32.7 Å². The van der Waals surface area contributed by atoms with Gasteiger partial charge in [-0.15, -0.1) is 0 Å². The number of anilines is 1. The number of benzene rings is 2. The zero-order valence-corrected chi connectivity index (χ0v) is 19.4. The zero-order valence-electron chi connectivity index (χ0n) is 18.6. The summed E-state index contributed by atoms with van der Waals surface area (Å²) in [6.07, 6.45) is -3.83. The van der Waals surface area contributed by atoms with Gasteiger partial charge in [0, 0.05) is 18.0 Å². The summed E-state index contributed by atoms with van der Waals surface area (Å²) in [6, 6.07) is 11.9. The van der Waals surface area contributed by atoms with E-state index in [4.69, 9.17) is 14.7 Å². The highest BCUT2D eigenvalue weighted by Crippen LogP contribution is 2.37. The average molecular weight is 505 g/mol. The van der Waals surface area contributed by atoms with E-state index in [9.17, 15) is 26.4 Å². The van der Waals surface area contributed by atoms with Crippen LogP contribution in [0.15, 0.2) is 53.4 Å². The van der Waals surface area contributed by atoms with Crippen molar-refractivity contribution in [1.82, 2.24) is 4.98 Å². The normalized spacial score (nSPS) is 11.5. The molecule has 0 spiro atoms. The van der Waals surface area contributed by atoms with Crippen LogP contribution in [0.2, 0.25) is 0 Å². The SMILES string of the molecule is COc1cc(C#N)ccc1Oc1nc(C(F)(F)F)cc(C)c1C(=O)Nc1cccc(S(C)(=O)=O)c1. The van der Waals surface area contributed by atoms with Crippen LogP contribution in [0.4, 0.5) is 18.9 Å². The molecule has 1 heterocycles. The molecule has 1 aromatic heterocycles. The Morgan fingerprint density at radius 1 is 1.11 bits per heavy atom. The number of pyridine rings is 1. The molecule has 12 heteroatoms. The van der Waals surface area contributed by atoms with Gasteiger partial charge in [0.05, 0.1) is 23.6 Å². The van der Waals surface area contributed by atoms with Gasteiger partial charge < -0.3 is 14.8 Å². The Hall–Kier alpha value is -4.11. The standard InChI is InChI=1S/C23H18F3N3O5S/c1-13-9-19(23(24,25)26)29-22(34-17-8-7-14(12-27)10-18(17)33-2)20(13)21(30)28-15-5-4-6-16(11-15)35(3,31)32/h4-11H,1-3H3,(H,28,30). The Morgan fingerprint density at radius 2 is 1.83 bits per heavy atom. The van der Waals surface area contributed by atoms with Crippen LogP contribution in [0.3, 0.4) is 0 Å². The zero-order chi connectivity index (χ0) is 26.0. The molecule has 182 valence electrons. The Labute approximate surface area is 198 Å². The average Bonchev–Trinajstić information content (AvgIpc) is 2.78. The molecule has 8 nitrogen and oxygen atoms in total. The number of rotatable bonds is 6. The molecule has 0 aliphatic rings. The number of sulfone groups is 1. The smallest absolute Gasteiger partial charge is 0.433 e. The summed E-state index contributed by atoms with van der Waals surface area (Å²) in [5.74, 6) is -1.58. The highest BCUT2D eigenvalue weighted by Gasteiger charge is 2.35. The molecule has 3 rings (SSSR count). The summed E-state index contributed by atoms with van der Waals surface area (Å²) >= 11 is 0. The van der Waals surface area contributed by atoms with Gasteiger partial charge in [-0.3, -0.25) is 4.79 Å². The van der Waals surface area contributed by atoms with E-state index < -0.39 is 33.5 Å². The minimum absolute atomic E-state index is 0.0353. The van der Waals surface area contributed by atoms with Gasteiger partial charge in [0.1, 0.15) is 11.3 Å². The number of nitriles is 1. The second-order valence-electron chi connectivity index (χ2n) is 7.34. The summed E-state index contributed by atoms with van der Waals surface area (Å²) in [6.45, 7) is 1.28. The lowest BCUT2D eigenvalue weighted by Crippen LogP contribution is -2.18. The number of methoxy groups -OCH3 is 1. The van der Waals surface area contributed by atoms with Crippen molar-refractivity contribution < 1.29 is 35.9 Å². The minimum Gasteiger partial charge on any atom is -0.493 e. The third kappa shape index (κ3) is 5.88. The number of aryl methyl sites for hydroxylation is 1. The fourth-order valence-corrected chi connectivity index (χ4v) is 3.73. The van der Waals surface area contributed by atoms with Gasteiger partial charge in [0.25, 0.3) is 5.91 Å². The molecule has 0 bridgehead atoms. The van der Waals surface area contributed by atoms with Crippen molar-refractivity contribution in [3.63, 3.8) is 0 Å². The maximum atomic E-state index is 13.4. The molecule has 2 aromatic carbocycles. The van der Waals surface area contributed by atoms with Gasteiger partial charge in [0.2, 0.25) is 5.88 Å². The maximum Gasteiger partial charge on any atom is 0.433 e. The number of aromatic nitrogens is 1. The highest BCUT2D eigenvalue weighted by atomic mass is 32.2. The molecule has 0 aliphatic heterocycles. The van der Waals surface area contributed by atoms with E-state index in [0.29, 0.717) is 6.07 Å². The molecule has 0 saturated carbocycles. The lowest BCUT2D eigenvalue weighted by molar-refractivity contribution is -0.141. The topological polar surface area (TPSA) is 118 Å². The first-order valence-electron chi connectivity index (χ1n) is 9.79.